The van der Waals surface area contributed by atoms with Gasteiger partial charge in [0.2, 0.25) is 5.67 Å². The van der Waals surface area contributed by atoms with E-state index in [1.807, 2.05) is 0 Å². The molecule has 0 saturated carbocycles. The summed E-state index contributed by atoms with van der Waals surface area (Å²) >= 11 is 0.218. The van der Waals surface area contributed by atoms with Gasteiger partial charge in [-0.2, -0.15) is 17.6 Å². The standard InChI is InChI=1S/C9H8F7I/c1-4(2)6(11)3-5(10)7(12,17)9(15,16)8(6,13)14/h3-4H,1-2H3. The Morgan fingerprint density at radius 2 is 1.41 bits per heavy atom. The van der Waals surface area contributed by atoms with Crippen LogP contribution in [0, 0.1) is 5.92 Å². The first-order chi connectivity index (χ1) is 7.32. The fourth-order valence-corrected chi connectivity index (χ4v) is 1.98. The normalized spacial score (nSPS) is 40.3. The lowest BCUT2D eigenvalue weighted by atomic mass is 9.77. The summed E-state index contributed by atoms with van der Waals surface area (Å²) in [6.07, 6.45) is -0.387. The average molecular weight is 376 g/mol. The quantitative estimate of drug-likeness (QED) is 0.357. The van der Waals surface area contributed by atoms with E-state index in [0.717, 1.165) is 13.8 Å². The van der Waals surface area contributed by atoms with E-state index < -0.39 is 32.9 Å². The molecule has 1 aliphatic rings. The zero-order valence-corrected chi connectivity index (χ0v) is 10.8. The molecule has 0 aromatic heterocycles. The van der Waals surface area contributed by atoms with Gasteiger partial charge in [0, 0.05) is 0 Å². The Bertz CT molecular complexity index is 360. The summed E-state index contributed by atoms with van der Waals surface area (Å²) in [5, 5.41) is 0. The van der Waals surface area contributed by atoms with Gasteiger partial charge in [0.1, 0.15) is 0 Å². The molecule has 0 bridgehead atoms. The van der Waals surface area contributed by atoms with Crippen molar-refractivity contribution in [3.63, 3.8) is 0 Å². The van der Waals surface area contributed by atoms with Crippen LogP contribution >= 0.6 is 22.6 Å². The fraction of sp³-hybridized carbons (Fsp3) is 0.778. The largest absolute Gasteiger partial charge is 0.362 e. The molecule has 17 heavy (non-hydrogen) atoms. The summed E-state index contributed by atoms with van der Waals surface area (Å²) in [5.41, 5.74) is -3.93. The molecule has 0 N–H and O–H groups in total. The third-order valence-electron chi connectivity index (χ3n) is 2.75. The Morgan fingerprint density at radius 1 is 1.00 bits per heavy atom. The van der Waals surface area contributed by atoms with Crippen molar-refractivity contribution >= 4 is 22.6 Å². The third-order valence-corrected chi connectivity index (χ3v) is 3.94. The van der Waals surface area contributed by atoms with Crippen molar-refractivity contribution in [2.45, 2.75) is 35.0 Å². The van der Waals surface area contributed by atoms with Crippen molar-refractivity contribution in [1.29, 1.82) is 0 Å². The van der Waals surface area contributed by atoms with Crippen LogP contribution in [0.3, 0.4) is 0 Å². The third kappa shape index (κ3) is 1.61. The van der Waals surface area contributed by atoms with Crippen LogP contribution in [0.4, 0.5) is 30.7 Å². The Labute approximate surface area is 106 Å². The summed E-state index contributed by atoms with van der Waals surface area (Å²) in [5.74, 6) is -14.7. The molecule has 2 atom stereocenters. The van der Waals surface area contributed by atoms with Gasteiger partial charge < -0.3 is 0 Å². The van der Waals surface area contributed by atoms with Gasteiger partial charge in [0.15, 0.2) is 5.83 Å². The summed E-state index contributed by atoms with van der Waals surface area (Å²) in [6.45, 7) is 1.76. The smallest absolute Gasteiger partial charge is 0.232 e. The Morgan fingerprint density at radius 3 is 1.76 bits per heavy atom. The topological polar surface area (TPSA) is 0 Å². The zero-order valence-electron chi connectivity index (χ0n) is 8.68. The van der Waals surface area contributed by atoms with Crippen molar-refractivity contribution in [3.8, 4) is 0 Å². The van der Waals surface area contributed by atoms with Crippen LogP contribution < -0.4 is 0 Å². The summed E-state index contributed by atoms with van der Waals surface area (Å²) in [7, 11) is 0. The maximum atomic E-state index is 13.8. The molecule has 2 unspecified atom stereocenters. The van der Waals surface area contributed by atoms with E-state index in [2.05, 4.69) is 0 Å². The van der Waals surface area contributed by atoms with Crippen LogP contribution in [0.2, 0.25) is 0 Å². The number of hydrogen-bond acceptors (Lipinski definition) is 0. The van der Waals surface area contributed by atoms with E-state index in [1.165, 1.54) is 0 Å². The number of halogens is 8. The predicted octanol–water partition coefficient (Wildman–Crippen LogP) is 4.59. The highest BCUT2D eigenvalue weighted by Crippen LogP contribution is 2.62. The van der Waals surface area contributed by atoms with Crippen molar-refractivity contribution < 1.29 is 30.7 Å². The van der Waals surface area contributed by atoms with Gasteiger partial charge >= 0.3 is 11.8 Å². The second-order valence-corrected chi connectivity index (χ2v) is 5.62. The van der Waals surface area contributed by atoms with E-state index in [9.17, 15) is 30.7 Å². The lowest BCUT2D eigenvalue weighted by molar-refractivity contribution is -0.297. The first-order valence-corrected chi connectivity index (χ1v) is 5.61. The van der Waals surface area contributed by atoms with Crippen LogP contribution in [0.1, 0.15) is 13.8 Å². The molecule has 0 saturated heterocycles. The van der Waals surface area contributed by atoms with Crippen molar-refractivity contribution in [2.24, 2.45) is 5.92 Å². The molecule has 0 aromatic carbocycles. The highest BCUT2D eigenvalue weighted by Gasteiger charge is 2.81. The lowest BCUT2D eigenvalue weighted by Crippen LogP contribution is -2.67. The summed E-state index contributed by atoms with van der Waals surface area (Å²) < 4.78 is 89.1. The Kier molecular flexibility index (Phi) is 3.31. The number of alkyl halides is 7. The van der Waals surface area contributed by atoms with Gasteiger partial charge in [-0.05, 0) is 34.6 Å². The van der Waals surface area contributed by atoms with Crippen LogP contribution in [-0.2, 0) is 0 Å². The van der Waals surface area contributed by atoms with Crippen LogP contribution in [0.25, 0.3) is 0 Å². The molecular weight excluding hydrogens is 368 g/mol. The number of hydrogen-bond donors (Lipinski definition) is 0. The molecule has 1 aliphatic carbocycles. The highest BCUT2D eigenvalue weighted by atomic mass is 127. The molecule has 1 rings (SSSR count). The van der Waals surface area contributed by atoms with E-state index in [0.29, 0.717) is 0 Å². The number of rotatable bonds is 1. The SMILES string of the molecule is CC(C)C1(F)C=C(F)C(F)(I)C(F)(F)C1(F)F. The first kappa shape index (κ1) is 15.0. The molecule has 0 fully saturated rings. The molecule has 0 nitrogen and oxygen atoms in total. The minimum absolute atomic E-state index is 0.218. The first-order valence-electron chi connectivity index (χ1n) is 4.53. The van der Waals surface area contributed by atoms with Gasteiger partial charge in [-0.3, -0.25) is 0 Å². The molecule has 0 radical (unpaired) electrons. The molecule has 0 spiro atoms. The van der Waals surface area contributed by atoms with Crippen molar-refractivity contribution in [3.05, 3.63) is 11.9 Å². The van der Waals surface area contributed by atoms with Gasteiger partial charge in [0.25, 0.3) is 3.68 Å². The molecule has 100 valence electrons. The number of allylic oxidation sites excluding steroid dienone is 2. The molecule has 0 aromatic rings. The zero-order chi connectivity index (χ0) is 13.9. The Balaban J connectivity index is 3.57. The molecule has 0 aliphatic heterocycles. The molecule has 0 heterocycles. The van der Waals surface area contributed by atoms with E-state index in [4.69, 9.17) is 0 Å². The van der Waals surface area contributed by atoms with Gasteiger partial charge in [0.05, 0.1) is 0 Å². The van der Waals surface area contributed by atoms with Crippen molar-refractivity contribution in [1.82, 2.24) is 0 Å². The van der Waals surface area contributed by atoms with Crippen LogP contribution in [0.15, 0.2) is 11.9 Å². The Hall–Kier alpha value is -0.0200. The van der Waals surface area contributed by atoms with Gasteiger partial charge in [-0.1, -0.05) is 13.8 Å². The highest BCUT2D eigenvalue weighted by molar-refractivity contribution is 14.1. The second-order valence-electron chi connectivity index (χ2n) is 4.14. The molecule has 8 heteroatoms. The van der Waals surface area contributed by atoms with E-state index in [1.54, 1.807) is 0 Å². The predicted molar refractivity (Wildman–Crippen MR) is 55.6 cm³/mol. The van der Waals surface area contributed by atoms with Gasteiger partial charge in [-0.25, -0.2) is 13.2 Å². The van der Waals surface area contributed by atoms with Crippen LogP contribution in [-0.4, -0.2) is 21.2 Å². The maximum absolute atomic E-state index is 13.8. The van der Waals surface area contributed by atoms with E-state index in [-0.39, 0.29) is 28.7 Å². The lowest BCUT2D eigenvalue weighted by Gasteiger charge is -2.45. The average Bonchev–Trinajstić information content (AvgIpc) is 2.14. The molecule has 0 amide bonds. The monoisotopic (exact) mass is 376 g/mol. The summed E-state index contributed by atoms with van der Waals surface area (Å²) in [4.78, 5) is 0. The second kappa shape index (κ2) is 3.74. The summed E-state index contributed by atoms with van der Waals surface area (Å²) in [6, 6.07) is 0. The minimum atomic E-state index is -5.47. The molecular formula is C9H8F7I. The van der Waals surface area contributed by atoms with Crippen LogP contribution in [0.5, 0.6) is 0 Å². The van der Waals surface area contributed by atoms with Crippen molar-refractivity contribution in [2.75, 3.05) is 0 Å². The minimum Gasteiger partial charge on any atom is -0.232 e. The van der Waals surface area contributed by atoms with Gasteiger partial charge in [-0.15, -0.1) is 0 Å². The maximum Gasteiger partial charge on any atom is 0.362 e. The van der Waals surface area contributed by atoms with E-state index >= 15 is 0 Å². The fourth-order valence-electron chi connectivity index (χ4n) is 1.48.